The fourth-order valence-electron chi connectivity index (χ4n) is 5.23. The van der Waals surface area contributed by atoms with Gasteiger partial charge >= 0.3 is 5.97 Å². The van der Waals surface area contributed by atoms with E-state index < -0.39 is 5.97 Å². The zero-order valence-electron chi connectivity index (χ0n) is 21.4. The largest absolute Gasteiger partial charge is 0.480 e. The summed E-state index contributed by atoms with van der Waals surface area (Å²) < 4.78 is 2.26. The maximum Gasteiger partial charge on any atom is 0.317 e. The minimum absolute atomic E-state index is 0.0319. The molecule has 1 aliphatic rings. The Morgan fingerprint density at radius 1 is 1.03 bits per heavy atom. The first kappa shape index (κ1) is 24.0. The molecule has 4 aromatic rings. The summed E-state index contributed by atoms with van der Waals surface area (Å²) >= 11 is 0. The number of hydrogen-bond donors (Lipinski definition) is 2. The summed E-state index contributed by atoms with van der Waals surface area (Å²) in [5, 5.41) is 12.7. The number of hydrogen-bond acceptors (Lipinski definition) is 5. The number of anilines is 2. The molecular weight excluding hydrogens is 450 g/mol. The van der Waals surface area contributed by atoms with Gasteiger partial charge in [-0.3, -0.25) is 9.69 Å². The summed E-state index contributed by atoms with van der Waals surface area (Å²) in [7, 11) is 1.83. The van der Waals surface area contributed by atoms with Gasteiger partial charge in [0, 0.05) is 30.0 Å². The average Bonchev–Trinajstić information content (AvgIpc) is 3.06. The van der Waals surface area contributed by atoms with Crippen LogP contribution in [0.5, 0.6) is 0 Å². The number of nitrogens with one attached hydrogen (secondary N) is 1. The van der Waals surface area contributed by atoms with Crippen LogP contribution < -0.4 is 5.32 Å². The van der Waals surface area contributed by atoms with Crippen molar-refractivity contribution in [2.24, 2.45) is 0 Å². The molecule has 0 fully saturated rings. The summed E-state index contributed by atoms with van der Waals surface area (Å²) in [5.74, 6) is 0.253. The van der Waals surface area contributed by atoms with Crippen molar-refractivity contribution < 1.29 is 9.90 Å². The SMILES string of the molecule is CCc1nc2c(C)cc(C)nc2n1Cc1ccc2c(c1)CCc1cc(CN(C)CC(=O)O)ccc1N2. The molecular formula is C29H33N5O2. The maximum atomic E-state index is 11.0. The molecule has 186 valence electrons. The highest BCUT2D eigenvalue weighted by Gasteiger charge is 2.17. The normalized spacial score (nSPS) is 12.8. The number of fused-ring (bicyclic) bond motifs is 3. The van der Waals surface area contributed by atoms with Crippen LogP contribution in [0.15, 0.2) is 42.5 Å². The Bertz CT molecular complexity index is 1460. The molecule has 0 saturated heterocycles. The molecule has 2 N–H and O–H groups in total. The van der Waals surface area contributed by atoms with E-state index in [9.17, 15) is 4.79 Å². The number of nitrogens with zero attached hydrogens (tertiary/aromatic N) is 4. The van der Waals surface area contributed by atoms with Crippen molar-refractivity contribution in [3.63, 3.8) is 0 Å². The van der Waals surface area contributed by atoms with Crippen molar-refractivity contribution in [3.8, 4) is 0 Å². The Morgan fingerprint density at radius 3 is 2.36 bits per heavy atom. The standard InChI is InChI=1S/C29H33N5O2/c1-5-26-32-28-18(2)12-19(3)30-29(28)34(26)16-21-7-11-25-23(14-21)9-8-22-13-20(6-10-24(22)31-25)15-33(4)17-27(35)36/h6-7,10-14,31H,5,8-9,15-17H2,1-4H3,(H,35,36). The van der Waals surface area contributed by atoms with Crippen LogP contribution in [0, 0.1) is 13.8 Å². The third-order valence-corrected chi connectivity index (χ3v) is 6.89. The first-order valence-corrected chi connectivity index (χ1v) is 12.5. The second-order valence-electron chi connectivity index (χ2n) is 9.89. The first-order valence-electron chi connectivity index (χ1n) is 12.5. The van der Waals surface area contributed by atoms with Crippen molar-refractivity contribution in [3.05, 3.63) is 81.8 Å². The number of likely N-dealkylation sites (N-methyl/N-ethyl adjacent to an activating group) is 1. The fourth-order valence-corrected chi connectivity index (χ4v) is 5.23. The van der Waals surface area contributed by atoms with Gasteiger partial charge in [-0.05, 0) is 79.8 Å². The highest BCUT2D eigenvalue weighted by molar-refractivity contribution is 5.76. The van der Waals surface area contributed by atoms with E-state index in [1.54, 1.807) is 0 Å². The third kappa shape index (κ3) is 4.84. The van der Waals surface area contributed by atoms with Gasteiger partial charge in [0.25, 0.3) is 0 Å². The van der Waals surface area contributed by atoms with Crippen molar-refractivity contribution >= 4 is 28.5 Å². The Kier molecular flexibility index (Phi) is 6.49. The molecule has 7 nitrogen and oxygen atoms in total. The Balaban J connectivity index is 1.39. The van der Waals surface area contributed by atoms with Crippen LogP contribution in [0.25, 0.3) is 11.2 Å². The zero-order valence-corrected chi connectivity index (χ0v) is 21.4. The predicted octanol–water partition coefficient (Wildman–Crippen LogP) is 5.02. The molecule has 2 aromatic heterocycles. The number of imidazole rings is 1. The molecule has 0 atom stereocenters. The van der Waals surface area contributed by atoms with Gasteiger partial charge in [-0.25, -0.2) is 9.97 Å². The maximum absolute atomic E-state index is 11.0. The molecule has 0 aliphatic carbocycles. The summed E-state index contributed by atoms with van der Waals surface area (Å²) in [4.78, 5) is 22.5. The van der Waals surface area contributed by atoms with Gasteiger partial charge in [-0.15, -0.1) is 0 Å². The summed E-state index contributed by atoms with van der Waals surface area (Å²) in [6.45, 7) is 7.68. The van der Waals surface area contributed by atoms with Crippen molar-refractivity contribution in [2.45, 2.75) is 53.1 Å². The molecule has 0 amide bonds. The van der Waals surface area contributed by atoms with E-state index in [1.165, 1.54) is 22.3 Å². The van der Waals surface area contributed by atoms with Crippen molar-refractivity contribution in [1.29, 1.82) is 0 Å². The molecule has 0 spiro atoms. The smallest absolute Gasteiger partial charge is 0.317 e. The Hall–Kier alpha value is -3.71. The second-order valence-corrected chi connectivity index (χ2v) is 9.89. The number of carboxylic acid groups (broad SMARTS) is 1. The second kappa shape index (κ2) is 9.74. The Labute approximate surface area is 211 Å². The minimum atomic E-state index is -0.809. The van der Waals surface area contributed by atoms with Gasteiger partial charge in [0.05, 0.1) is 13.1 Å². The van der Waals surface area contributed by atoms with Crippen LogP contribution in [0.3, 0.4) is 0 Å². The number of aliphatic carboxylic acids is 1. The molecule has 5 rings (SSSR count). The minimum Gasteiger partial charge on any atom is -0.480 e. The van der Waals surface area contributed by atoms with Crippen LogP contribution in [0.2, 0.25) is 0 Å². The topological polar surface area (TPSA) is 83.3 Å². The number of carboxylic acids is 1. The summed E-state index contributed by atoms with van der Waals surface area (Å²) in [6.07, 6.45) is 2.74. The molecule has 7 heteroatoms. The fraction of sp³-hybridized carbons (Fsp3) is 0.345. The number of rotatable bonds is 7. The number of pyridine rings is 1. The molecule has 2 aromatic carbocycles. The van der Waals surface area contributed by atoms with E-state index in [0.717, 1.165) is 65.4 Å². The van der Waals surface area contributed by atoms with E-state index in [0.29, 0.717) is 6.54 Å². The molecule has 1 aliphatic heterocycles. The lowest BCUT2D eigenvalue weighted by molar-refractivity contribution is -0.138. The number of aromatic nitrogens is 3. The molecule has 0 bridgehead atoms. The highest BCUT2D eigenvalue weighted by atomic mass is 16.4. The predicted molar refractivity (Wildman–Crippen MR) is 143 cm³/mol. The van der Waals surface area contributed by atoms with Gasteiger partial charge in [0.15, 0.2) is 5.65 Å². The van der Waals surface area contributed by atoms with Crippen LogP contribution in [0.1, 0.15) is 46.3 Å². The van der Waals surface area contributed by atoms with Crippen LogP contribution in [0.4, 0.5) is 11.4 Å². The molecule has 0 radical (unpaired) electrons. The quantitative estimate of drug-likeness (QED) is 0.384. The molecule has 36 heavy (non-hydrogen) atoms. The Morgan fingerprint density at radius 2 is 1.69 bits per heavy atom. The van der Waals surface area contributed by atoms with E-state index >= 15 is 0 Å². The van der Waals surface area contributed by atoms with Gasteiger partial charge < -0.3 is 15.0 Å². The van der Waals surface area contributed by atoms with Crippen LogP contribution >= 0.6 is 0 Å². The number of benzene rings is 2. The summed E-state index contributed by atoms with van der Waals surface area (Å²) in [6, 6.07) is 15.2. The van der Waals surface area contributed by atoms with Gasteiger partial charge in [0.2, 0.25) is 0 Å². The van der Waals surface area contributed by atoms with E-state index in [-0.39, 0.29) is 6.54 Å². The summed E-state index contributed by atoms with van der Waals surface area (Å²) in [5.41, 5.74) is 11.3. The van der Waals surface area contributed by atoms with E-state index in [2.05, 4.69) is 66.2 Å². The molecule has 0 unspecified atom stereocenters. The van der Waals surface area contributed by atoms with Crippen molar-refractivity contribution in [2.75, 3.05) is 18.9 Å². The highest BCUT2D eigenvalue weighted by Crippen LogP contribution is 2.32. The average molecular weight is 484 g/mol. The first-order chi connectivity index (χ1) is 17.3. The molecule has 3 heterocycles. The lowest BCUT2D eigenvalue weighted by atomic mass is 10.0. The number of carbonyl (C=O) groups is 1. The van der Waals surface area contributed by atoms with Gasteiger partial charge in [-0.2, -0.15) is 0 Å². The van der Waals surface area contributed by atoms with Crippen LogP contribution in [-0.4, -0.2) is 44.1 Å². The van der Waals surface area contributed by atoms with E-state index in [1.807, 2.05) is 18.9 Å². The third-order valence-electron chi connectivity index (χ3n) is 6.89. The van der Waals surface area contributed by atoms with E-state index in [4.69, 9.17) is 15.1 Å². The van der Waals surface area contributed by atoms with Gasteiger partial charge in [0.1, 0.15) is 11.3 Å². The van der Waals surface area contributed by atoms with Crippen LogP contribution in [-0.2, 0) is 37.1 Å². The number of aryl methyl sites for hydroxylation is 5. The monoisotopic (exact) mass is 483 g/mol. The van der Waals surface area contributed by atoms with Gasteiger partial charge in [-0.1, -0.05) is 31.2 Å². The zero-order chi connectivity index (χ0) is 25.4. The lowest BCUT2D eigenvalue weighted by Gasteiger charge is -2.16. The lowest BCUT2D eigenvalue weighted by Crippen LogP contribution is -2.25. The van der Waals surface area contributed by atoms with Crippen molar-refractivity contribution in [1.82, 2.24) is 19.4 Å². The molecule has 0 saturated carbocycles.